The van der Waals surface area contributed by atoms with Crippen LogP contribution in [0.3, 0.4) is 0 Å². The number of nitrogens with one attached hydrogen (secondary N) is 1. The molecular weight excluding hydrogens is 475 g/mol. The molecule has 0 saturated heterocycles. The molecule has 1 N–H and O–H groups in total. The van der Waals surface area contributed by atoms with Gasteiger partial charge in [0.2, 0.25) is 11.8 Å². The maximum atomic E-state index is 13.3. The molecule has 0 atom stereocenters. The van der Waals surface area contributed by atoms with Crippen LogP contribution in [0.2, 0.25) is 0 Å². The number of rotatable bonds is 6. The van der Waals surface area contributed by atoms with Gasteiger partial charge in [0.25, 0.3) is 0 Å². The Hall–Kier alpha value is -2.26. The minimum atomic E-state index is -3.83. The summed E-state index contributed by atoms with van der Waals surface area (Å²) in [5.74, 6) is -1.49. The van der Waals surface area contributed by atoms with Crippen LogP contribution >= 0.6 is 15.9 Å². The molecule has 0 unspecified atom stereocenters. The van der Waals surface area contributed by atoms with Gasteiger partial charge in [-0.15, -0.1) is 0 Å². The SMILES string of the molecule is O=C(CCS(=O)(=O)c1cc(Br)cc2c1N(C(=O)C1CC1)CC2)Nc1cccc(F)c1. The van der Waals surface area contributed by atoms with Crippen LogP contribution in [0.5, 0.6) is 0 Å². The van der Waals surface area contributed by atoms with E-state index in [1.807, 2.05) is 6.07 Å². The highest BCUT2D eigenvalue weighted by molar-refractivity contribution is 9.10. The maximum absolute atomic E-state index is 13.3. The first-order valence-electron chi connectivity index (χ1n) is 9.66. The lowest BCUT2D eigenvalue weighted by Crippen LogP contribution is -2.31. The van der Waals surface area contributed by atoms with E-state index in [1.54, 1.807) is 4.90 Å². The molecule has 4 rings (SSSR count). The van der Waals surface area contributed by atoms with Gasteiger partial charge in [-0.1, -0.05) is 22.0 Å². The number of anilines is 2. The van der Waals surface area contributed by atoms with Crippen LogP contribution in [-0.2, 0) is 25.8 Å². The number of hydrogen-bond donors (Lipinski definition) is 1. The molecule has 6 nitrogen and oxygen atoms in total. The second kappa shape index (κ2) is 8.11. The summed E-state index contributed by atoms with van der Waals surface area (Å²) in [5, 5.41) is 2.50. The van der Waals surface area contributed by atoms with Crippen molar-refractivity contribution in [2.24, 2.45) is 5.92 Å². The van der Waals surface area contributed by atoms with Crippen molar-refractivity contribution in [3.05, 3.63) is 52.3 Å². The number of amides is 2. The molecule has 1 fully saturated rings. The van der Waals surface area contributed by atoms with Gasteiger partial charge in [-0.25, -0.2) is 12.8 Å². The fraction of sp³-hybridized carbons (Fsp3) is 0.333. The molecular formula is C21H20BrFN2O4S. The van der Waals surface area contributed by atoms with Crippen molar-refractivity contribution in [1.82, 2.24) is 0 Å². The normalized spacial score (nSPS) is 15.7. The number of fused-ring (bicyclic) bond motifs is 1. The first kappa shape index (κ1) is 21.0. The van der Waals surface area contributed by atoms with Crippen molar-refractivity contribution in [1.29, 1.82) is 0 Å². The first-order chi connectivity index (χ1) is 14.2. The maximum Gasteiger partial charge on any atom is 0.230 e. The van der Waals surface area contributed by atoms with E-state index >= 15 is 0 Å². The lowest BCUT2D eigenvalue weighted by molar-refractivity contribution is -0.119. The van der Waals surface area contributed by atoms with E-state index in [4.69, 9.17) is 0 Å². The Bertz CT molecular complexity index is 1130. The topological polar surface area (TPSA) is 83.6 Å². The molecule has 1 aliphatic carbocycles. The highest BCUT2D eigenvalue weighted by Gasteiger charge is 2.39. The third-order valence-corrected chi connectivity index (χ3v) is 7.41. The Morgan fingerprint density at radius 2 is 1.97 bits per heavy atom. The number of benzene rings is 2. The molecule has 0 bridgehead atoms. The molecule has 1 heterocycles. The number of sulfone groups is 1. The van der Waals surface area contributed by atoms with E-state index in [9.17, 15) is 22.4 Å². The molecule has 0 spiro atoms. The molecule has 2 amide bonds. The van der Waals surface area contributed by atoms with Gasteiger partial charge >= 0.3 is 0 Å². The van der Waals surface area contributed by atoms with Gasteiger partial charge in [0.15, 0.2) is 9.84 Å². The molecule has 158 valence electrons. The zero-order chi connectivity index (χ0) is 21.5. The number of nitrogens with zero attached hydrogens (tertiary/aromatic N) is 1. The zero-order valence-corrected chi connectivity index (χ0v) is 18.4. The van der Waals surface area contributed by atoms with Gasteiger partial charge in [0.05, 0.1) is 16.3 Å². The summed E-state index contributed by atoms with van der Waals surface area (Å²) in [6.45, 7) is 0.462. The monoisotopic (exact) mass is 494 g/mol. The number of carbonyl (C=O) groups excluding carboxylic acids is 2. The Morgan fingerprint density at radius 3 is 2.67 bits per heavy atom. The summed E-state index contributed by atoms with van der Waals surface area (Å²) in [6, 6.07) is 8.73. The summed E-state index contributed by atoms with van der Waals surface area (Å²) < 4.78 is 40.1. The van der Waals surface area contributed by atoms with Gasteiger partial charge in [0, 0.05) is 29.0 Å². The number of carbonyl (C=O) groups is 2. The van der Waals surface area contributed by atoms with Crippen molar-refractivity contribution in [3.63, 3.8) is 0 Å². The summed E-state index contributed by atoms with van der Waals surface area (Å²) in [6.07, 6.45) is 1.99. The Kier molecular flexibility index (Phi) is 5.67. The Labute approximate surface area is 182 Å². The molecule has 1 saturated carbocycles. The van der Waals surface area contributed by atoms with Gasteiger partial charge in [-0.05, 0) is 55.2 Å². The molecule has 2 aromatic rings. The number of halogens is 2. The molecule has 2 aromatic carbocycles. The second-order valence-electron chi connectivity index (χ2n) is 7.55. The molecule has 2 aliphatic rings. The Morgan fingerprint density at radius 1 is 1.20 bits per heavy atom. The quantitative estimate of drug-likeness (QED) is 0.663. The molecule has 30 heavy (non-hydrogen) atoms. The molecule has 0 radical (unpaired) electrons. The smallest absolute Gasteiger partial charge is 0.230 e. The van der Waals surface area contributed by atoms with Gasteiger partial charge < -0.3 is 10.2 Å². The van der Waals surface area contributed by atoms with Crippen molar-refractivity contribution >= 4 is 49.0 Å². The van der Waals surface area contributed by atoms with Crippen LogP contribution in [0.25, 0.3) is 0 Å². The minimum absolute atomic E-state index is 0.0211. The summed E-state index contributed by atoms with van der Waals surface area (Å²) >= 11 is 3.35. The van der Waals surface area contributed by atoms with Crippen molar-refractivity contribution < 1.29 is 22.4 Å². The van der Waals surface area contributed by atoms with E-state index in [2.05, 4.69) is 21.2 Å². The summed E-state index contributed by atoms with van der Waals surface area (Å²) in [5.41, 5.74) is 1.52. The summed E-state index contributed by atoms with van der Waals surface area (Å²) in [4.78, 5) is 26.5. The van der Waals surface area contributed by atoms with Crippen LogP contribution in [0.1, 0.15) is 24.8 Å². The number of hydrogen-bond acceptors (Lipinski definition) is 4. The molecule has 9 heteroatoms. The predicted octanol–water partition coefficient (Wildman–Crippen LogP) is 3.69. The van der Waals surface area contributed by atoms with Crippen LogP contribution in [0.4, 0.5) is 15.8 Å². The van der Waals surface area contributed by atoms with E-state index in [-0.39, 0.29) is 28.8 Å². The molecule has 1 aliphatic heterocycles. The van der Waals surface area contributed by atoms with Crippen molar-refractivity contribution in [2.45, 2.75) is 30.6 Å². The highest BCUT2D eigenvalue weighted by atomic mass is 79.9. The fourth-order valence-corrected chi connectivity index (χ4v) is 5.78. The van der Waals surface area contributed by atoms with E-state index in [1.165, 1.54) is 24.3 Å². The minimum Gasteiger partial charge on any atom is -0.326 e. The Balaban J connectivity index is 1.54. The van der Waals surface area contributed by atoms with E-state index in [0.717, 1.165) is 24.5 Å². The van der Waals surface area contributed by atoms with Crippen molar-refractivity contribution in [2.75, 3.05) is 22.5 Å². The fourth-order valence-electron chi connectivity index (χ4n) is 3.60. The van der Waals surface area contributed by atoms with E-state index < -0.39 is 27.3 Å². The van der Waals surface area contributed by atoms with Gasteiger partial charge in [-0.2, -0.15) is 0 Å². The standard InChI is InChI=1S/C21H20BrFN2O4S/c22-15-10-14-6-8-25(21(27)13-4-5-13)20(14)18(11-15)30(28,29)9-7-19(26)24-17-3-1-2-16(23)12-17/h1-3,10-13H,4-9H2,(H,24,26). The first-order valence-corrected chi connectivity index (χ1v) is 12.1. The average molecular weight is 495 g/mol. The third kappa shape index (κ3) is 4.41. The van der Waals surface area contributed by atoms with Gasteiger partial charge in [-0.3, -0.25) is 9.59 Å². The van der Waals surface area contributed by atoms with Crippen LogP contribution in [0.15, 0.2) is 45.8 Å². The lowest BCUT2D eigenvalue weighted by atomic mass is 10.2. The highest BCUT2D eigenvalue weighted by Crippen LogP contribution is 2.41. The largest absolute Gasteiger partial charge is 0.326 e. The van der Waals surface area contributed by atoms with Crippen molar-refractivity contribution in [3.8, 4) is 0 Å². The third-order valence-electron chi connectivity index (χ3n) is 5.23. The van der Waals surface area contributed by atoms with Crippen LogP contribution in [-0.4, -0.2) is 32.5 Å². The van der Waals surface area contributed by atoms with Crippen LogP contribution in [0, 0.1) is 11.7 Å². The molecule has 0 aromatic heterocycles. The van der Waals surface area contributed by atoms with Crippen LogP contribution < -0.4 is 10.2 Å². The predicted molar refractivity (Wildman–Crippen MR) is 115 cm³/mol. The average Bonchev–Trinajstić information content (AvgIpc) is 3.45. The van der Waals surface area contributed by atoms with E-state index in [0.29, 0.717) is 23.1 Å². The van der Waals surface area contributed by atoms with Gasteiger partial charge in [0.1, 0.15) is 5.82 Å². The lowest BCUT2D eigenvalue weighted by Gasteiger charge is -2.20. The summed E-state index contributed by atoms with van der Waals surface area (Å²) in [7, 11) is -3.83. The second-order valence-corrected chi connectivity index (χ2v) is 10.5. The zero-order valence-electron chi connectivity index (χ0n) is 16.0.